The third kappa shape index (κ3) is 4.17. The molecule has 3 aromatic rings. The van der Waals surface area contributed by atoms with Gasteiger partial charge in [0.2, 0.25) is 0 Å². The standard InChI is InChI=1S/C22H22FN5O2/c1-26-20(24-21(29)16-5-3-2-4-6-16)15-19(25-26)22(30)28-13-11-27(12-14-28)18-9-7-17(23)8-10-18/h2-10,15H,11-14H2,1H3,(H,24,29). The quantitative estimate of drug-likeness (QED) is 0.722. The highest BCUT2D eigenvalue weighted by atomic mass is 19.1. The minimum Gasteiger partial charge on any atom is -0.368 e. The molecule has 1 N–H and O–H groups in total. The van der Waals surface area contributed by atoms with Gasteiger partial charge in [-0.2, -0.15) is 5.10 Å². The van der Waals surface area contributed by atoms with Gasteiger partial charge in [0, 0.05) is 50.5 Å². The van der Waals surface area contributed by atoms with Crippen LogP contribution in [0.15, 0.2) is 60.7 Å². The van der Waals surface area contributed by atoms with Crippen LogP contribution in [0.5, 0.6) is 0 Å². The SMILES string of the molecule is Cn1nc(C(=O)N2CCN(c3ccc(F)cc3)CC2)cc1NC(=O)c1ccccc1. The normalized spacial score (nSPS) is 13.9. The second-order valence-corrected chi connectivity index (χ2v) is 7.11. The Balaban J connectivity index is 1.39. The van der Waals surface area contributed by atoms with E-state index in [9.17, 15) is 14.0 Å². The third-order valence-corrected chi connectivity index (χ3v) is 5.14. The minimum atomic E-state index is -0.266. The number of aromatic nitrogens is 2. The molecule has 2 aromatic carbocycles. The van der Waals surface area contributed by atoms with Gasteiger partial charge in [-0.25, -0.2) is 4.39 Å². The summed E-state index contributed by atoms with van der Waals surface area (Å²) in [6.45, 7) is 2.39. The molecule has 0 saturated carbocycles. The molecule has 0 atom stereocenters. The number of hydrogen-bond acceptors (Lipinski definition) is 4. The van der Waals surface area contributed by atoms with Gasteiger partial charge >= 0.3 is 0 Å². The van der Waals surface area contributed by atoms with Gasteiger partial charge in [-0.3, -0.25) is 14.3 Å². The molecule has 1 aliphatic rings. The molecular weight excluding hydrogens is 385 g/mol. The van der Waals surface area contributed by atoms with Crippen LogP contribution in [0.2, 0.25) is 0 Å². The lowest BCUT2D eigenvalue weighted by Gasteiger charge is -2.35. The fourth-order valence-corrected chi connectivity index (χ4v) is 3.45. The van der Waals surface area contributed by atoms with Crippen molar-refractivity contribution in [1.29, 1.82) is 0 Å². The predicted octanol–water partition coefficient (Wildman–Crippen LogP) is 2.77. The summed E-state index contributed by atoms with van der Waals surface area (Å²) < 4.78 is 14.6. The summed E-state index contributed by atoms with van der Waals surface area (Å²) in [7, 11) is 1.68. The van der Waals surface area contributed by atoms with E-state index in [1.165, 1.54) is 16.8 Å². The number of aryl methyl sites for hydroxylation is 1. The Morgan fingerprint density at radius 1 is 0.967 bits per heavy atom. The topological polar surface area (TPSA) is 70.5 Å². The zero-order valence-corrected chi connectivity index (χ0v) is 16.6. The molecule has 7 nitrogen and oxygen atoms in total. The number of amides is 2. The molecule has 0 aliphatic carbocycles. The summed E-state index contributed by atoms with van der Waals surface area (Å²) in [5.41, 5.74) is 1.76. The summed E-state index contributed by atoms with van der Waals surface area (Å²) in [5, 5.41) is 7.06. The molecule has 8 heteroatoms. The lowest BCUT2D eigenvalue weighted by molar-refractivity contribution is 0.0740. The highest BCUT2D eigenvalue weighted by molar-refractivity contribution is 6.04. The Bertz CT molecular complexity index is 1040. The van der Waals surface area contributed by atoms with E-state index in [1.807, 2.05) is 6.07 Å². The zero-order valence-electron chi connectivity index (χ0n) is 16.6. The van der Waals surface area contributed by atoms with E-state index in [4.69, 9.17) is 0 Å². The van der Waals surface area contributed by atoms with E-state index in [0.717, 1.165) is 5.69 Å². The molecular formula is C22H22FN5O2. The molecule has 0 spiro atoms. The van der Waals surface area contributed by atoms with Gasteiger partial charge in [0.25, 0.3) is 11.8 Å². The van der Waals surface area contributed by atoms with E-state index >= 15 is 0 Å². The van der Waals surface area contributed by atoms with Crippen molar-refractivity contribution in [2.24, 2.45) is 7.05 Å². The fraction of sp³-hybridized carbons (Fsp3) is 0.227. The van der Waals surface area contributed by atoms with Crippen molar-refractivity contribution in [2.45, 2.75) is 0 Å². The van der Waals surface area contributed by atoms with Gasteiger partial charge in [0.1, 0.15) is 11.6 Å². The second kappa shape index (κ2) is 8.36. The summed E-state index contributed by atoms with van der Waals surface area (Å²) in [4.78, 5) is 29.1. The lowest BCUT2D eigenvalue weighted by Crippen LogP contribution is -2.48. The number of piperazine rings is 1. The largest absolute Gasteiger partial charge is 0.368 e. The zero-order chi connectivity index (χ0) is 21.1. The average Bonchev–Trinajstić information content (AvgIpc) is 3.14. The Morgan fingerprint density at radius 3 is 2.30 bits per heavy atom. The van der Waals surface area contributed by atoms with Crippen LogP contribution in [0.25, 0.3) is 0 Å². The lowest BCUT2D eigenvalue weighted by atomic mass is 10.2. The van der Waals surface area contributed by atoms with Crippen LogP contribution in [0.1, 0.15) is 20.8 Å². The van der Waals surface area contributed by atoms with E-state index in [0.29, 0.717) is 37.6 Å². The molecule has 2 amide bonds. The molecule has 0 bridgehead atoms. The number of carbonyl (C=O) groups excluding carboxylic acids is 2. The molecule has 1 aromatic heterocycles. The molecule has 1 aliphatic heterocycles. The Kier molecular flexibility index (Phi) is 5.47. The van der Waals surface area contributed by atoms with Crippen LogP contribution in [-0.2, 0) is 7.05 Å². The highest BCUT2D eigenvalue weighted by Crippen LogP contribution is 2.19. The van der Waals surface area contributed by atoms with E-state index in [1.54, 1.807) is 54.4 Å². The summed E-state index contributed by atoms with van der Waals surface area (Å²) in [6.07, 6.45) is 0. The highest BCUT2D eigenvalue weighted by Gasteiger charge is 2.25. The maximum Gasteiger partial charge on any atom is 0.274 e. The number of carbonyl (C=O) groups is 2. The van der Waals surface area contributed by atoms with Crippen LogP contribution in [-0.4, -0.2) is 52.7 Å². The smallest absolute Gasteiger partial charge is 0.274 e. The number of hydrogen-bond donors (Lipinski definition) is 1. The first-order chi connectivity index (χ1) is 14.5. The van der Waals surface area contributed by atoms with Crippen LogP contribution in [0, 0.1) is 5.82 Å². The van der Waals surface area contributed by atoms with Crippen molar-refractivity contribution in [3.05, 3.63) is 77.7 Å². The molecule has 4 rings (SSSR count). The Hall–Kier alpha value is -3.68. The number of benzene rings is 2. The molecule has 0 radical (unpaired) electrons. The Labute approximate surface area is 173 Å². The average molecular weight is 407 g/mol. The minimum absolute atomic E-state index is 0.176. The molecule has 154 valence electrons. The van der Waals surface area contributed by atoms with Crippen LogP contribution >= 0.6 is 0 Å². The van der Waals surface area contributed by atoms with Crippen molar-refractivity contribution in [3.63, 3.8) is 0 Å². The van der Waals surface area contributed by atoms with Gasteiger partial charge in [-0.1, -0.05) is 18.2 Å². The van der Waals surface area contributed by atoms with E-state index < -0.39 is 0 Å². The Morgan fingerprint density at radius 2 is 1.63 bits per heavy atom. The van der Waals surface area contributed by atoms with Crippen molar-refractivity contribution in [1.82, 2.24) is 14.7 Å². The monoisotopic (exact) mass is 407 g/mol. The first-order valence-corrected chi connectivity index (χ1v) is 9.71. The molecule has 1 saturated heterocycles. The van der Waals surface area contributed by atoms with E-state index in [-0.39, 0.29) is 23.3 Å². The summed E-state index contributed by atoms with van der Waals surface area (Å²) >= 11 is 0. The first kappa shape index (κ1) is 19.6. The van der Waals surface area contributed by atoms with Crippen LogP contribution < -0.4 is 10.2 Å². The van der Waals surface area contributed by atoms with Gasteiger partial charge in [-0.15, -0.1) is 0 Å². The molecule has 0 unspecified atom stereocenters. The summed E-state index contributed by atoms with van der Waals surface area (Å²) in [6, 6.07) is 16.8. The fourth-order valence-electron chi connectivity index (χ4n) is 3.45. The van der Waals surface area contributed by atoms with Crippen LogP contribution in [0.4, 0.5) is 15.9 Å². The molecule has 1 fully saturated rings. The van der Waals surface area contributed by atoms with Gasteiger partial charge in [0.15, 0.2) is 5.69 Å². The maximum atomic E-state index is 13.1. The number of halogens is 1. The summed E-state index contributed by atoms with van der Waals surface area (Å²) in [5.74, 6) is -0.245. The number of rotatable bonds is 4. The number of nitrogens with zero attached hydrogens (tertiary/aromatic N) is 4. The van der Waals surface area contributed by atoms with Crippen LogP contribution in [0.3, 0.4) is 0 Å². The first-order valence-electron chi connectivity index (χ1n) is 9.71. The van der Waals surface area contributed by atoms with Crippen molar-refractivity contribution in [3.8, 4) is 0 Å². The van der Waals surface area contributed by atoms with Crippen molar-refractivity contribution in [2.75, 3.05) is 36.4 Å². The van der Waals surface area contributed by atoms with Gasteiger partial charge in [-0.05, 0) is 36.4 Å². The van der Waals surface area contributed by atoms with E-state index in [2.05, 4.69) is 15.3 Å². The molecule has 2 heterocycles. The third-order valence-electron chi connectivity index (χ3n) is 5.14. The second-order valence-electron chi connectivity index (χ2n) is 7.11. The number of anilines is 2. The van der Waals surface area contributed by atoms with Gasteiger partial charge in [0.05, 0.1) is 0 Å². The van der Waals surface area contributed by atoms with Crippen molar-refractivity contribution < 1.29 is 14.0 Å². The maximum absolute atomic E-state index is 13.1. The van der Waals surface area contributed by atoms with Crippen molar-refractivity contribution >= 4 is 23.3 Å². The predicted molar refractivity (Wildman–Crippen MR) is 112 cm³/mol. The molecule has 30 heavy (non-hydrogen) atoms. The van der Waals surface area contributed by atoms with Gasteiger partial charge < -0.3 is 15.1 Å². The number of nitrogens with one attached hydrogen (secondary N) is 1.